The van der Waals surface area contributed by atoms with Gasteiger partial charge in [-0.2, -0.15) is 5.26 Å². The predicted molar refractivity (Wildman–Crippen MR) is 52.3 cm³/mol. The summed E-state index contributed by atoms with van der Waals surface area (Å²) in [6.45, 7) is 0. The molecule has 0 fully saturated rings. The lowest BCUT2D eigenvalue weighted by molar-refractivity contribution is 0.101. The molecule has 4 nitrogen and oxygen atoms in total. The molecule has 0 aliphatic carbocycles. The fourth-order valence-electron chi connectivity index (χ4n) is 1.10. The maximum Gasteiger partial charge on any atom is 0.182 e. The van der Waals surface area contributed by atoms with Gasteiger partial charge < -0.3 is 10.8 Å². The smallest absolute Gasteiger partial charge is 0.182 e. The Hall–Kier alpha value is -1.73. The average molecular weight is 211 g/mol. The van der Waals surface area contributed by atoms with Crippen molar-refractivity contribution in [2.24, 2.45) is 0 Å². The molecule has 0 aromatic heterocycles. The molecule has 0 bridgehead atoms. The number of nitrogens with zero attached hydrogens (tertiary/aromatic N) is 1. The summed E-state index contributed by atoms with van der Waals surface area (Å²) in [6.07, 6.45) is 0. The van der Waals surface area contributed by atoms with Crippen LogP contribution in [0, 0.1) is 11.3 Å². The van der Waals surface area contributed by atoms with Crippen LogP contribution in [-0.2, 0) is 0 Å². The SMILES string of the molecule is N#Cc1cc(N)cc(O)c1C(=O)CCl. The molecule has 0 radical (unpaired) electrons. The fraction of sp³-hybridized carbons (Fsp3) is 0.111. The number of carbonyl (C=O) groups excluding carboxylic acids is 1. The number of alkyl halides is 1. The molecule has 72 valence electrons. The Morgan fingerprint density at radius 1 is 1.64 bits per heavy atom. The Morgan fingerprint density at radius 3 is 2.79 bits per heavy atom. The van der Waals surface area contributed by atoms with Gasteiger partial charge >= 0.3 is 0 Å². The second-order valence-corrected chi connectivity index (χ2v) is 2.90. The van der Waals surface area contributed by atoms with Gasteiger partial charge in [-0.15, -0.1) is 11.6 Å². The number of nitrogen functional groups attached to an aromatic ring is 1. The van der Waals surface area contributed by atoms with Gasteiger partial charge in [-0.3, -0.25) is 4.79 Å². The standard InChI is InChI=1S/C9H7ClN2O2/c10-3-8(14)9-5(4-11)1-6(12)2-7(9)13/h1-2,13H,3,12H2. The quantitative estimate of drug-likeness (QED) is 0.437. The number of aromatic hydroxyl groups is 1. The van der Waals surface area contributed by atoms with Gasteiger partial charge in [0.25, 0.3) is 0 Å². The topological polar surface area (TPSA) is 87.1 Å². The van der Waals surface area contributed by atoms with Gasteiger partial charge in [0.15, 0.2) is 5.78 Å². The van der Waals surface area contributed by atoms with E-state index in [2.05, 4.69) is 0 Å². The second kappa shape index (κ2) is 3.99. The minimum atomic E-state index is -0.499. The maximum absolute atomic E-state index is 11.2. The van der Waals surface area contributed by atoms with E-state index in [1.54, 1.807) is 6.07 Å². The minimum absolute atomic E-state index is 0.0353. The van der Waals surface area contributed by atoms with Gasteiger partial charge in [0.1, 0.15) is 11.8 Å². The Bertz CT molecular complexity index is 424. The zero-order valence-electron chi connectivity index (χ0n) is 7.12. The molecule has 0 saturated carbocycles. The summed E-state index contributed by atoms with van der Waals surface area (Å²) in [5, 5.41) is 18.1. The van der Waals surface area contributed by atoms with E-state index in [0.29, 0.717) is 0 Å². The first-order valence-corrected chi connectivity index (χ1v) is 4.25. The van der Waals surface area contributed by atoms with Crippen LogP contribution in [0.1, 0.15) is 15.9 Å². The third-order valence-corrected chi connectivity index (χ3v) is 1.90. The summed E-state index contributed by atoms with van der Waals surface area (Å²) in [4.78, 5) is 11.2. The number of anilines is 1. The molecule has 3 N–H and O–H groups in total. The van der Waals surface area contributed by atoms with Crippen molar-refractivity contribution in [1.29, 1.82) is 5.26 Å². The molecule has 5 heteroatoms. The monoisotopic (exact) mass is 210 g/mol. The van der Waals surface area contributed by atoms with Crippen LogP contribution >= 0.6 is 11.6 Å². The molecule has 0 aliphatic rings. The summed E-state index contributed by atoms with van der Waals surface area (Å²) >= 11 is 5.33. The molecule has 0 spiro atoms. The van der Waals surface area contributed by atoms with Crippen LogP contribution in [0.4, 0.5) is 5.69 Å². The van der Waals surface area contributed by atoms with Gasteiger partial charge in [0.2, 0.25) is 0 Å². The number of phenolic OH excluding ortho intramolecular Hbond substituents is 1. The Labute approximate surface area is 85.5 Å². The van der Waals surface area contributed by atoms with Gasteiger partial charge in [-0.25, -0.2) is 0 Å². The number of benzene rings is 1. The van der Waals surface area contributed by atoms with Gasteiger partial charge in [0, 0.05) is 11.8 Å². The number of ketones is 1. The van der Waals surface area contributed by atoms with Crippen LogP contribution in [0.2, 0.25) is 0 Å². The van der Waals surface area contributed by atoms with E-state index >= 15 is 0 Å². The molecule has 14 heavy (non-hydrogen) atoms. The van der Waals surface area contributed by atoms with E-state index in [0.717, 1.165) is 0 Å². The first kappa shape index (κ1) is 10.4. The van der Waals surface area contributed by atoms with Crippen LogP contribution in [0.15, 0.2) is 12.1 Å². The zero-order chi connectivity index (χ0) is 10.7. The number of halogens is 1. The third-order valence-electron chi connectivity index (χ3n) is 1.66. The van der Waals surface area contributed by atoms with E-state index in [9.17, 15) is 9.90 Å². The van der Waals surface area contributed by atoms with Crippen molar-refractivity contribution in [2.45, 2.75) is 0 Å². The Balaban J connectivity index is 3.42. The van der Waals surface area contributed by atoms with E-state index in [4.69, 9.17) is 22.6 Å². The molecule has 0 amide bonds. The molecular formula is C9H7ClN2O2. The lowest BCUT2D eigenvalue weighted by Gasteiger charge is -2.04. The highest BCUT2D eigenvalue weighted by Gasteiger charge is 2.16. The first-order valence-electron chi connectivity index (χ1n) is 3.72. The summed E-state index contributed by atoms with van der Waals surface area (Å²) < 4.78 is 0. The van der Waals surface area contributed by atoms with E-state index in [1.807, 2.05) is 0 Å². The molecule has 0 aliphatic heterocycles. The molecule has 0 heterocycles. The summed E-state index contributed by atoms with van der Waals surface area (Å²) in [5.41, 5.74) is 5.58. The van der Waals surface area contributed by atoms with Crippen molar-refractivity contribution in [3.63, 3.8) is 0 Å². The molecule has 0 unspecified atom stereocenters. The number of carbonyl (C=O) groups is 1. The van der Waals surface area contributed by atoms with Crippen LogP contribution in [0.5, 0.6) is 5.75 Å². The van der Waals surface area contributed by atoms with Crippen molar-refractivity contribution < 1.29 is 9.90 Å². The third kappa shape index (κ3) is 1.78. The number of nitriles is 1. The Morgan fingerprint density at radius 2 is 2.29 bits per heavy atom. The maximum atomic E-state index is 11.2. The number of hydrogen-bond acceptors (Lipinski definition) is 4. The average Bonchev–Trinajstić information content (AvgIpc) is 2.15. The van der Waals surface area contributed by atoms with Gasteiger partial charge in [0.05, 0.1) is 17.0 Å². The van der Waals surface area contributed by atoms with E-state index in [-0.39, 0.29) is 28.4 Å². The molecular weight excluding hydrogens is 204 g/mol. The summed E-state index contributed by atoms with van der Waals surface area (Å²) in [6, 6.07) is 4.30. The number of nitrogens with two attached hydrogens (primary N) is 1. The number of rotatable bonds is 2. The first-order chi connectivity index (χ1) is 6.60. The highest BCUT2D eigenvalue weighted by atomic mass is 35.5. The molecule has 1 aromatic rings. The minimum Gasteiger partial charge on any atom is -0.507 e. The van der Waals surface area contributed by atoms with Crippen molar-refractivity contribution >= 4 is 23.1 Å². The van der Waals surface area contributed by atoms with Crippen molar-refractivity contribution in [3.05, 3.63) is 23.3 Å². The number of phenols is 1. The molecule has 0 atom stereocenters. The molecule has 1 rings (SSSR count). The van der Waals surface area contributed by atoms with Gasteiger partial charge in [-0.1, -0.05) is 0 Å². The normalized spacial score (nSPS) is 9.43. The van der Waals surface area contributed by atoms with Crippen molar-refractivity contribution in [1.82, 2.24) is 0 Å². The molecule has 0 saturated heterocycles. The second-order valence-electron chi connectivity index (χ2n) is 2.63. The Kier molecular flexibility index (Phi) is 2.95. The van der Waals surface area contributed by atoms with Crippen LogP contribution in [-0.4, -0.2) is 16.8 Å². The zero-order valence-corrected chi connectivity index (χ0v) is 7.88. The molecule has 1 aromatic carbocycles. The van der Waals surface area contributed by atoms with Crippen LogP contribution in [0.25, 0.3) is 0 Å². The highest BCUT2D eigenvalue weighted by Crippen LogP contribution is 2.25. The summed E-state index contributed by atoms with van der Waals surface area (Å²) in [7, 11) is 0. The van der Waals surface area contributed by atoms with Crippen molar-refractivity contribution in [2.75, 3.05) is 11.6 Å². The van der Waals surface area contributed by atoms with E-state index in [1.165, 1.54) is 12.1 Å². The van der Waals surface area contributed by atoms with Crippen LogP contribution in [0.3, 0.4) is 0 Å². The fourth-order valence-corrected chi connectivity index (χ4v) is 1.23. The largest absolute Gasteiger partial charge is 0.507 e. The van der Waals surface area contributed by atoms with E-state index < -0.39 is 5.78 Å². The highest BCUT2D eigenvalue weighted by molar-refractivity contribution is 6.31. The lowest BCUT2D eigenvalue weighted by atomic mass is 10.0. The van der Waals surface area contributed by atoms with Crippen LogP contribution < -0.4 is 5.73 Å². The lowest BCUT2D eigenvalue weighted by Crippen LogP contribution is -2.04. The number of hydrogen-bond donors (Lipinski definition) is 2. The van der Waals surface area contributed by atoms with Crippen molar-refractivity contribution in [3.8, 4) is 11.8 Å². The number of Topliss-reactive ketones (excluding diaryl/α,β-unsaturated/α-hetero) is 1. The van der Waals surface area contributed by atoms with Gasteiger partial charge in [-0.05, 0) is 6.07 Å². The predicted octanol–water partition coefficient (Wildman–Crippen LogP) is 1.27. The summed E-state index contributed by atoms with van der Waals surface area (Å²) in [5.74, 6) is -1.10.